The van der Waals surface area contributed by atoms with Crippen LogP contribution in [0.15, 0.2) is 52.0 Å². The Bertz CT molecular complexity index is 211. The minimum Gasteiger partial charge on any atom is -0.473 e. The summed E-state index contributed by atoms with van der Waals surface area (Å²) in [5.74, 6) is 1.67. The summed E-state index contributed by atoms with van der Waals surface area (Å²) in [5, 5.41) is 4.08. The molecule has 0 saturated heterocycles. The van der Waals surface area contributed by atoms with Crippen molar-refractivity contribution >= 4 is 11.3 Å². The van der Waals surface area contributed by atoms with Gasteiger partial charge in [-0.3, -0.25) is 0 Å². The molecule has 2 heterocycles. The molecule has 2 rings (SSSR count). The number of rotatable bonds is 0. The molecular formula is C18H36OS. The van der Waals surface area contributed by atoms with E-state index in [1.165, 1.54) is 0 Å². The highest BCUT2D eigenvalue weighted by Gasteiger charge is 1.68. The van der Waals surface area contributed by atoms with E-state index in [0.717, 1.165) is 11.8 Å². The maximum Gasteiger partial charge on any atom is 0.0902 e. The highest BCUT2D eigenvalue weighted by molar-refractivity contribution is 7.07. The van der Waals surface area contributed by atoms with Crippen LogP contribution in [0.1, 0.15) is 56.4 Å². The molecule has 0 aliphatic heterocycles. The molecule has 0 saturated carbocycles. The Kier molecular flexibility index (Phi) is 31.6. The van der Waals surface area contributed by atoms with Crippen molar-refractivity contribution in [3.8, 4) is 0 Å². The van der Waals surface area contributed by atoms with Crippen molar-refractivity contribution in [3.05, 3.63) is 47.6 Å². The van der Waals surface area contributed by atoms with E-state index in [0.29, 0.717) is 0 Å². The van der Waals surface area contributed by atoms with Crippen LogP contribution in [0, 0.1) is 11.8 Å². The van der Waals surface area contributed by atoms with E-state index in [1.54, 1.807) is 23.9 Å². The zero-order valence-electron chi connectivity index (χ0n) is 12.6. The highest BCUT2D eigenvalue weighted by Crippen LogP contribution is 1.91. The van der Waals surface area contributed by atoms with E-state index in [-0.39, 0.29) is 14.9 Å². The van der Waals surface area contributed by atoms with Crippen molar-refractivity contribution in [1.82, 2.24) is 0 Å². The van der Waals surface area contributed by atoms with E-state index >= 15 is 0 Å². The molecule has 0 bridgehead atoms. The molecule has 0 unspecified atom stereocenters. The summed E-state index contributed by atoms with van der Waals surface area (Å²) in [6.07, 6.45) is 3.25. The van der Waals surface area contributed by atoms with Crippen LogP contribution in [0.25, 0.3) is 0 Å². The molecule has 0 atom stereocenters. The van der Waals surface area contributed by atoms with Gasteiger partial charge in [0.05, 0.1) is 12.5 Å². The van der Waals surface area contributed by atoms with Gasteiger partial charge in [0.1, 0.15) is 0 Å². The van der Waals surface area contributed by atoms with Crippen LogP contribution in [0.4, 0.5) is 0 Å². The molecule has 0 spiro atoms. The lowest BCUT2D eigenvalue weighted by molar-refractivity contribution is 0.567. The third-order valence-electron chi connectivity index (χ3n) is 0.851. The second kappa shape index (κ2) is 23.1. The largest absolute Gasteiger partial charge is 0.473 e. The maximum atomic E-state index is 4.58. The van der Waals surface area contributed by atoms with Crippen molar-refractivity contribution < 1.29 is 4.42 Å². The van der Waals surface area contributed by atoms with Gasteiger partial charge in [-0.25, -0.2) is 0 Å². The van der Waals surface area contributed by atoms with Crippen LogP contribution in [0.3, 0.4) is 0 Å². The molecule has 0 radical (unpaired) electrons. The third-order valence-corrected chi connectivity index (χ3v) is 1.48. The quantitative estimate of drug-likeness (QED) is 0.487. The van der Waals surface area contributed by atoms with Crippen molar-refractivity contribution in [3.63, 3.8) is 0 Å². The van der Waals surface area contributed by atoms with E-state index < -0.39 is 0 Å². The monoisotopic (exact) mass is 300 g/mol. The maximum absolute atomic E-state index is 4.58. The van der Waals surface area contributed by atoms with E-state index in [1.807, 2.05) is 35.0 Å². The van der Waals surface area contributed by atoms with Crippen LogP contribution in [0.2, 0.25) is 0 Å². The summed E-state index contributed by atoms with van der Waals surface area (Å²) in [7, 11) is 0. The lowest BCUT2D eigenvalue weighted by atomic mass is 10.3. The zero-order chi connectivity index (χ0) is 14.2. The van der Waals surface area contributed by atoms with Crippen LogP contribution < -0.4 is 0 Å². The van der Waals surface area contributed by atoms with Crippen LogP contribution in [0.5, 0.6) is 0 Å². The Morgan fingerprint density at radius 2 is 0.950 bits per heavy atom. The summed E-state index contributed by atoms with van der Waals surface area (Å²) in [6.45, 7) is 13.0. The molecule has 2 aromatic rings. The van der Waals surface area contributed by atoms with Gasteiger partial charge in [-0.05, 0) is 34.7 Å². The average Bonchev–Trinajstić information content (AvgIpc) is 2.96. The summed E-state index contributed by atoms with van der Waals surface area (Å²) < 4.78 is 4.58. The second-order valence-electron chi connectivity index (χ2n) is 5.05. The topological polar surface area (TPSA) is 13.1 Å². The first-order valence-electron chi connectivity index (χ1n) is 6.41. The lowest BCUT2D eigenvalue weighted by Gasteiger charge is -1.79. The summed E-state index contributed by atoms with van der Waals surface area (Å²) >= 11 is 1.71. The third kappa shape index (κ3) is 53.8. The Balaban J connectivity index is -0.0000000833. The van der Waals surface area contributed by atoms with Gasteiger partial charge in [-0.15, -0.1) is 0 Å². The van der Waals surface area contributed by atoms with Gasteiger partial charge in [0, 0.05) is 0 Å². The molecule has 0 aliphatic rings. The molecule has 1 nitrogen and oxygen atoms in total. The fraction of sp³-hybridized carbons (Fsp3) is 0.556. The van der Waals surface area contributed by atoms with Crippen molar-refractivity contribution in [2.45, 2.75) is 56.4 Å². The van der Waals surface area contributed by atoms with E-state index in [9.17, 15) is 0 Å². The van der Waals surface area contributed by atoms with Gasteiger partial charge >= 0.3 is 0 Å². The Morgan fingerprint density at radius 1 is 0.650 bits per heavy atom. The first kappa shape index (κ1) is 27.3. The fourth-order valence-electron chi connectivity index (χ4n) is 0.454. The smallest absolute Gasteiger partial charge is 0.0902 e. The standard InChI is InChI=1S/C4H4O.C4H4S.2C4H10.2CH4/c2*1-2-4-5-3-1;2*1-4(2)3;;/h2*1-4H;2*4H,1-3H3;2*1H4. The normalized spacial score (nSPS) is 7.60. The van der Waals surface area contributed by atoms with E-state index in [2.05, 4.69) is 46.0 Å². The summed E-state index contributed by atoms with van der Waals surface area (Å²) in [6, 6.07) is 7.70. The van der Waals surface area contributed by atoms with Crippen LogP contribution >= 0.6 is 11.3 Å². The molecule has 0 amide bonds. The van der Waals surface area contributed by atoms with Crippen LogP contribution in [-0.2, 0) is 0 Å². The molecule has 120 valence electrons. The Hall–Kier alpha value is -1.02. The van der Waals surface area contributed by atoms with Gasteiger partial charge in [0.2, 0.25) is 0 Å². The van der Waals surface area contributed by atoms with Crippen molar-refractivity contribution in [2.75, 3.05) is 0 Å². The summed E-state index contributed by atoms with van der Waals surface area (Å²) in [5.41, 5.74) is 0. The number of hydrogen-bond acceptors (Lipinski definition) is 2. The number of thiophene rings is 1. The molecule has 20 heavy (non-hydrogen) atoms. The molecule has 0 fully saturated rings. The molecule has 2 aromatic heterocycles. The molecule has 2 heteroatoms. The van der Waals surface area contributed by atoms with Gasteiger partial charge in [0.25, 0.3) is 0 Å². The highest BCUT2D eigenvalue weighted by atomic mass is 32.1. The molecule has 0 aliphatic carbocycles. The Morgan fingerprint density at radius 3 is 1.05 bits per heavy atom. The minimum absolute atomic E-state index is 0. The minimum atomic E-state index is 0. The predicted octanol–water partition coefficient (Wildman–Crippen LogP) is 7.62. The van der Waals surface area contributed by atoms with Crippen molar-refractivity contribution in [2.24, 2.45) is 11.8 Å². The summed E-state index contributed by atoms with van der Waals surface area (Å²) in [4.78, 5) is 0. The van der Waals surface area contributed by atoms with Crippen molar-refractivity contribution in [1.29, 1.82) is 0 Å². The van der Waals surface area contributed by atoms with Gasteiger partial charge < -0.3 is 4.42 Å². The van der Waals surface area contributed by atoms with Gasteiger partial charge in [-0.2, -0.15) is 11.3 Å². The number of furan rings is 1. The second-order valence-corrected chi connectivity index (χ2v) is 5.87. The fourth-order valence-corrected chi connectivity index (χ4v) is 0.907. The Labute approximate surface area is 132 Å². The number of hydrogen-bond donors (Lipinski definition) is 0. The molecule has 0 aromatic carbocycles. The van der Waals surface area contributed by atoms with Crippen LogP contribution in [-0.4, -0.2) is 0 Å². The zero-order valence-corrected chi connectivity index (χ0v) is 13.4. The molecule has 0 N–H and O–H groups in total. The van der Waals surface area contributed by atoms with E-state index in [4.69, 9.17) is 0 Å². The lowest BCUT2D eigenvalue weighted by Crippen LogP contribution is -1.66. The molecular weight excluding hydrogens is 264 g/mol. The van der Waals surface area contributed by atoms with Gasteiger partial charge in [0.15, 0.2) is 0 Å². The first-order valence-corrected chi connectivity index (χ1v) is 7.35. The SMILES string of the molecule is C.C.CC(C)C.CC(C)C.c1ccoc1.c1ccsc1. The van der Waals surface area contributed by atoms with Gasteiger partial charge in [-0.1, -0.05) is 68.5 Å². The predicted molar refractivity (Wildman–Crippen MR) is 97.5 cm³/mol. The first-order chi connectivity index (χ1) is 8.46. The average molecular weight is 301 g/mol.